The highest BCUT2D eigenvalue weighted by atomic mass is 35.5. The van der Waals surface area contributed by atoms with E-state index in [9.17, 15) is 8.78 Å². The van der Waals surface area contributed by atoms with Crippen LogP contribution in [0.5, 0.6) is 0 Å². The smallest absolute Gasteiger partial charge is 0.163 e. The van der Waals surface area contributed by atoms with Crippen LogP contribution < -0.4 is 5.32 Å². The molecular weight excluding hydrogens is 292 g/mol. The molecule has 0 saturated heterocycles. The summed E-state index contributed by atoms with van der Waals surface area (Å²) >= 11 is 5.98. The number of rotatable bonds is 6. The van der Waals surface area contributed by atoms with Gasteiger partial charge in [-0.2, -0.15) is 0 Å². The average Bonchev–Trinajstić information content (AvgIpc) is 2.47. The van der Waals surface area contributed by atoms with Crippen LogP contribution in [0.1, 0.15) is 30.5 Å². The zero-order chi connectivity index (χ0) is 15.2. The Kier molecular flexibility index (Phi) is 5.71. The Labute approximate surface area is 128 Å². The molecule has 1 nitrogen and oxygen atoms in total. The van der Waals surface area contributed by atoms with E-state index in [1.165, 1.54) is 6.07 Å². The lowest BCUT2D eigenvalue weighted by Crippen LogP contribution is -2.25. The van der Waals surface area contributed by atoms with E-state index in [1.54, 1.807) is 12.1 Å². The Morgan fingerprint density at radius 1 is 1.14 bits per heavy atom. The molecule has 2 aromatic rings. The molecule has 1 atom stereocenters. The molecule has 0 bridgehead atoms. The highest BCUT2D eigenvalue weighted by molar-refractivity contribution is 6.30. The van der Waals surface area contributed by atoms with Crippen molar-refractivity contribution in [2.24, 2.45) is 0 Å². The SMILES string of the molecule is CCCNC(Cc1cccc(Cl)c1)c1cccc(F)c1F. The lowest BCUT2D eigenvalue weighted by Gasteiger charge is -2.20. The zero-order valence-electron chi connectivity index (χ0n) is 11.9. The molecule has 21 heavy (non-hydrogen) atoms. The quantitative estimate of drug-likeness (QED) is 0.800. The van der Waals surface area contributed by atoms with Crippen LogP contribution in [0.15, 0.2) is 42.5 Å². The van der Waals surface area contributed by atoms with Gasteiger partial charge in [0.25, 0.3) is 0 Å². The highest BCUT2D eigenvalue weighted by Crippen LogP contribution is 2.24. The summed E-state index contributed by atoms with van der Waals surface area (Å²) in [6.45, 7) is 2.77. The van der Waals surface area contributed by atoms with Crippen LogP contribution in [0, 0.1) is 11.6 Å². The maximum Gasteiger partial charge on any atom is 0.163 e. The molecule has 0 aliphatic rings. The minimum Gasteiger partial charge on any atom is -0.310 e. The molecular formula is C17H18ClF2N. The molecule has 4 heteroatoms. The van der Waals surface area contributed by atoms with Crippen LogP contribution in [-0.2, 0) is 6.42 Å². The number of hydrogen-bond donors (Lipinski definition) is 1. The summed E-state index contributed by atoms with van der Waals surface area (Å²) in [5.74, 6) is -1.60. The zero-order valence-corrected chi connectivity index (χ0v) is 12.6. The first-order valence-corrected chi connectivity index (χ1v) is 7.41. The topological polar surface area (TPSA) is 12.0 Å². The van der Waals surface area contributed by atoms with Crippen molar-refractivity contribution in [2.45, 2.75) is 25.8 Å². The summed E-state index contributed by atoms with van der Waals surface area (Å²) in [7, 11) is 0. The van der Waals surface area contributed by atoms with E-state index in [0.29, 0.717) is 17.0 Å². The lowest BCUT2D eigenvalue weighted by molar-refractivity contribution is 0.459. The van der Waals surface area contributed by atoms with Crippen LogP contribution in [0.4, 0.5) is 8.78 Å². The standard InChI is InChI=1S/C17H18ClF2N/c1-2-9-21-16(11-12-5-3-6-13(18)10-12)14-7-4-8-15(19)17(14)20/h3-8,10,16,21H,2,9,11H2,1H3. The molecule has 0 spiro atoms. The Morgan fingerprint density at radius 2 is 1.90 bits per heavy atom. The summed E-state index contributed by atoms with van der Waals surface area (Å²) in [6, 6.07) is 11.4. The van der Waals surface area contributed by atoms with Crippen LogP contribution in [0.25, 0.3) is 0 Å². The maximum absolute atomic E-state index is 14.0. The molecule has 1 unspecified atom stereocenters. The van der Waals surface area contributed by atoms with Gasteiger partial charge in [0.05, 0.1) is 0 Å². The van der Waals surface area contributed by atoms with Crippen LogP contribution >= 0.6 is 11.6 Å². The number of halogens is 3. The van der Waals surface area contributed by atoms with E-state index in [-0.39, 0.29) is 6.04 Å². The van der Waals surface area contributed by atoms with Crippen LogP contribution in [0.3, 0.4) is 0 Å². The van der Waals surface area contributed by atoms with Crippen molar-refractivity contribution in [3.05, 3.63) is 70.2 Å². The second-order valence-electron chi connectivity index (χ2n) is 4.98. The molecule has 1 N–H and O–H groups in total. The normalized spacial score (nSPS) is 12.4. The predicted octanol–water partition coefficient (Wildman–Crippen LogP) is 4.90. The Balaban J connectivity index is 2.27. The van der Waals surface area contributed by atoms with Crippen molar-refractivity contribution in [3.8, 4) is 0 Å². The van der Waals surface area contributed by atoms with Crippen molar-refractivity contribution >= 4 is 11.6 Å². The minimum atomic E-state index is -0.818. The largest absolute Gasteiger partial charge is 0.310 e. The number of benzene rings is 2. The molecule has 2 rings (SSSR count). The van der Waals surface area contributed by atoms with Gasteiger partial charge in [-0.25, -0.2) is 8.78 Å². The van der Waals surface area contributed by atoms with Crippen molar-refractivity contribution in [1.82, 2.24) is 5.32 Å². The van der Waals surface area contributed by atoms with Crippen molar-refractivity contribution in [3.63, 3.8) is 0 Å². The molecule has 0 fully saturated rings. The molecule has 0 heterocycles. The fraction of sp³-hybridized carbons (Fsp3) is 0.294. The van der Waals surface area contributed by atoms with Gasteiger partial charge < -0.3 is 5.32 Å². The van der Waals surface area contributed by atoms with E-state index in [2.05, 4.69) is 5.32 Å². The molecule has 0 aliphatic heterocycles. The molecule has 2 aromatic carbocycles. The summed E-state index contributed by atoms with van der Waals surface area (Å²) < 4.78 is 27.5. The molecule has 0 aromatic heterocycles. The third-order valence-corrected chi connectivity index (χ3v) is 3.56. The van der Waals surface area contributed by atoms with Gasteiger partial charge in [-0.15, -0.1) is 0 Å². The van der Waals surface area contributed by atoms with Gasteiger partial charge in [0, 0.05) is 16.6 Å². The van der Waals surface area contributed by atoms with Crippen molar-refractivity contribution in [1.29, 1.82) is 0 Å². The van der Waals surface area contributed by atoms with Crippen molar-refractivity contribution < 1.29 is 8.78 Å². The first-order valence-electron chi connectivity index (χ1n) is 7.03. The van der Waals surface area contributed by atoms with E-state index < -0.39 is 11.6 Å². The van der Waals surface area contributed by atoms with Crippen molar-refractivity contribution in [2.75, 3.05) is 6.54 Å². The molecule has 0 saturated carbocycles. The molecule has 0 aliphatic carbocycles. The van der Waals surface area contributed by atoms with E-state index in [1.807, 2.05) is 25.1 Å². The second kappa shape index (κ2) is 7.53. The van der Waals surface area contributed by atoms with E-state index in [0.717, 1.165) is 24.6 Å². The first-order chi connectivity index (χ1) is 10.1. The maximum atomic E-state index is 14.0. The van der Waals surface area contributed by atoms with E-state index >= 15 is 0 Å². The second-order valence-corrected chi connectivity index (χ2v) is 5.42. The fourth-order valence-corrected chi connectivity index (χ4v) is 2.51. The van der Waals surface area contributed by atoms with Crippen LogP contribution in [0.2, 0.25) is 5.02 Å². The number of nitrogens with one attached hydrogen (secondary N) is 1. The Morgan fingerprint density at radius 3 is 2.62 bits per heavy atom. The average molecular weight is 310 g/mol. The third kappa shape index (κ3) is 4.26. The number of hydrogen-bond acceptors (Lipinski definition) is 1. The van der Waals surface area contributed by atoms with Crippen LogP contribution in [-0.4, -0.2) is 6.54 Å². The summed E-state index contributed by atoms with van der Waals surface area (Å²) in [4.78, 5) is 0. The predicted molar refractivity (Wildman–Crippen MR) is 82.5 cm³/mol. The molecule has 0 amide bonds. The minimum absolute atomic E-state index is 0.279. The lowest BCUT2D eigenvalue weighted by atomic mass is 9.98. The Hall–Kier alpha value is -1.45. The third-order valence-electron chi connectivity index (χ3n) is 3.33. The van der Waals surface area contributed by atoms with E-state index in [4.69, 9.17) is 11.6 Å². The van der Waals surface area contributed by atoms with Gasteiger partial charge in [0.1, 0.15) is 0 Å². The fourth-order valence-electron chi connectivity index (χ4n) is 2.30. The van der Waals surface area contributed by atoms with Gasteiger partial charge in [0.15, 0.2) is 11.6 Å². The summed E-state index contributed by atoms with van der Waals surface area (Å²) in [5, 5.41) is 3.91. The van der Waals surface area contributed by atoms with Gasteiger partial charge >= 0.3 is 0 Å². The summed E-state index contributed by atoms with van der Waals surface area (Å²) in [6.07, 6.45) is 1.48. The van der Waals surface area contributed by atoms with Gasteiger partial charge in [0.2, 0.25) is 0 Å². The summed E-state index contributed by atoms with van der Waals surface area (Å²) in [5.41, 5.74) is 1.34. The van der Waals surface area contributed by atoms with Gasteiger partial charge in [-0.3, -0.25) is 0 Å². The molecule has 112 valence electrons. The monoisotopic (exact) mass is 309 g/mol. The Bertz CT molecular complexity index is 601. The van der Waals surface area contributed by atoms with Gasteiger partial charge in [-0.1, -0.05) is 42.8 Å². The first kappa shape index (κ1) is 15.9. The highest BCUT2D eigenvalue weighted by Gasteiger charge is 2.18. The van der Waals surface area contributed by atoms with Gasteiger partial charge in [-0.05, 0) is 43.1 Å². The molecule has 0 radical (unpaired) electrons.